The summed E-state index contributed by atoms with van der Waals surface area (Å²) in [5.41, 5.74) is 7.64. The van der Waals surface area contributed by atoms with Gasteiger partial charge in [0.25, 0.3) is 0 Å². The average Bonchev–Trinajstić information content (AvgIpc) is 3.26. The second kappa shape index (κ2) is 5.70. The molecule has 1 saturated carbocycles. The molecule has 0 bridgehead atoms. The van der Waals surface area contributed by atoms with Crippen LogP contribution in [0.15, 0.2) is 24.3 Å². The van der Waals surface area contributed by atoms with Gasteiger partial charge >= 0.3 is 6.61 Å². The Morgan fingerprint density at radius 2 is 1.86 bits per heavy atom. The van der Waals surface area contributed by atoms with Gasteiger partial charge in [-0.3, -0.25) is 0 Å². The molecule has 0 unspecified atom stereocenters. The van der Waals surface area contributed by atoms with Crippen LogP contribution in [0.1, 0.15) is 24.5 Å². The number of nitrogen functional groups attached to an aromatic ring is 1. The van der Waals surface area contributed by atoms with Crippen molar-refractivity contribution in [2.45, 2.75) is 25.4 Å². The summed E-state index contributed by atoms with van der Waals surface area (Å²) >= 11 is 2.16. The first-order valence-corrected chi connectivity index (χ1v) is 7.50. The zero-order chi connectivity index (χ0) is 15.0. The number of ether oxygens (including phenoxy) is 1. The lowest BCUT2D eigenvalue weighted by atomic mass is 10.2. The summed E-state index contributed by atoms with van der Waals surface area (Å²) in [4.78, 5) is 8.84. The molecule has 0 spiro atoms. The van der Waals surface area contributed by atoms with Gasteiger partial charge in [0.05, 0.1) is 9.26 Å². The average molecular weight is 403 g/mol. The van der Waals surface area contributed by atoms with Gasteiger partial charge in [-0.25, -0.2) is 9.97 Å². The van der Waals surface area contributed by atoms with Crippen LogP contribution in [0.25, 0.3) is 11.4 Å². The highest BCUT2D eigenvalue weighted by Crippen LogP contribution is 2.42. The lowest BCUT2D eigenvalue weighted by Gasteiger charge is -2.09. The van der Waals surface area contributed by atoms with E-state index >= 15 is 0 Å². The number of anilines is 1. The highest BCUT2D eigenvalue weighted by molar-refractivity contribution is 14.1. The Labute approximate surface area is 133 Å². The van der Waals surface area contributed by atoms with E-state index in [1.54, 1.807) is 12.1 Å². The lowest BCUT2D eigenvalue weighted by molar-refractivity contribution is -0.0498. The van der Waals surface area contributed by atoms with Gasteiger partial charge in [-0.2, -0.15) is 8.78 Å². The van der Waals surface area contributed by atoms with Gasteiger partial charge < -0.3 is 10.5 Å². The highest BCUT2D eigenvalue weighted by Gasteiger charge is 2.29. The fraction of sp³-hybridized carbons (Fsp3) is 0.286. The number of hydrogen-bond donors (Lipinski definition) is 1. The number of aromatic nitrogens is 2. The van der Waals surface area contributed by atoms with E-state index in [-0.39, 0.29) is 5.75 Å². The molecule has 1 aromatic heterocycles. The SMILES string of the molecule is Nc1nc(-c2ccc(OC(F)F)cc2)nc(C2CC2)c1I. The van der Waals surface area contributed by atoms with Crippen LogP contribution in [0.3, 0.4) is 0 Å². The number of rotatable bonds is 4. The molecule has 1 fully saturated rings. The molecule has 0 saturated heterocycles. The first-order chi connectivity index (χ1) is 10.0. The molecule has 4 nitrogen and oxygen atoms in total. The molecule has 0 atom stereocenters. The van der Waals surface area contributed by atoms with Crippen LogP contribution in [-0.2, 0) is 0 Å². The Balaban J connectivity index is 1.93. The van der Waals surface area contributed by atoms with Crippen LogP contribution in [0.2, 0.25) is 0 Å². The number of halogens is 3. The van der Waals surface area contributed by atoms with Gasteiger partial charge in [0.15, 0.2) is 5.82 Å². The fourth-order valence-electron chi connectivity index (χ4n) is 2.02. The Morgan fingerprint density at radius 3 is 2.43 bits per heavy atom. The van der Waals surface area contributed by atoms with Crippen molar-refractivity contribution < 1.29 is 13.5 Å². The van der Waals surface area contributed by atoms with E-state index in [9.17, 15) is 8.78 Å². The third-order valence-corrected chi connectivity index (χ3v) is 4.31. The van der Waals surface area contributed by atoms with Crippen LogP contribution in [0, 0.1) is 3.57 Å². The molecule has 7 heteroatoms. The maximum absolute atomic E-state index is 12.1. The minimum absolute atomic E-state index is 0.106. The van der Waals surface area contributed by atoms with E-state index < -0.39 is 6.61 Å². The zero-order valence-electron chi connectivity index (χ0n) is 10.9. The van der Waals surface area contributed by atoms with Gasteiger partial charge in [-0.15, -0.1) is 0 Å². The third-order valence-electron chi connectivity index (χ3n) is 3.20. The molecule has 3 rings (SSSR count). The van der Waals surface area contributed by atoms with Gasteiger partial charge in [0, 0.05) is 11.5 Å². The number of nitrogens with zero attached hydrogens (tertiary/aromatic N) is 2. The first-order valence-electron chi connectivity index (χ1n) is 6.42. The van der Waals surface area contributed by atoms with E-state index in [2.05, 4.69) is 37.3 Å². The summed E-state index contributed by atoms with van der Waals surface area (Å²) in [6.45, 7) is -2.83. The molecular formula is C14H12F2IN3O. The summed E-state index contributed by atoms with van der Waals surface area (Å²) in [6, 6.07) is 6.23. The van der Waals surface area contributed by atoms with Gasteiger partial charge in [0.2, 0.25) is 0 Å². The lowest BCUT2D eigenvalue weighted by Crippen LogP contribution is -2.04. The van der Waals surface area contributed by atoms with Crippen molar-refractivity contribution in [1.82, 2.24) is 9.97 Å². The first kappa shape index (κ1) is 14.4. The predicted molar refractivity (Wildman–Crippen MR) is 83.2 cm³/mol. The number of benzene rings is 1. The molecule has 0 aliphatic heterocycles. The summed E-state index contributed by atoms with van der Waals surface area (Å²) in [5.74, 6) is 1.53. The standard InChI is InChI=1S/C14H12F2IN3O/c15-14(16)21-9-5-3-8(4-6-9)13-19-11(7-1-2-7)10(17)12(18)20-13/h3-7,14H,1-2H2,(H2,18,19,20). The van der Waals surface area contributed by atoms with E-state index in [1.165, 1.54) is 12.1 Å². The Bertz CT molecular complexity index is 660. The second-order valence-corrected chi connectivity index (χ2v) is 5.89. The Kier molecular flexibility index (Phi) is 3.92. The van der Waals surface area contributed by atoms with E-state index in [1.807, 2.05) is 0 Å². The molecule has 110 valence electrons. The molecule has 1 aliphatic carbocycles. The van der Waals surface area contributed by atoms with Crippen molar-refractivity contribution in [2.75, 3.05) is 5.73 Å². The maximum atomic E-state index is 12.1. The van der Waals surface area contributed by atoms with E-state index in [4.69, 9.17) is 5.73 Å². The minimum Gasteiger partial charge on any atom is -0.435 e. The fourth-order valence-corrected chi connectivity index (χ4v) is 2.71. The van der Waals surface area contributed by atoms with Crippen molar-refractivity contribution in [3.05, 3.63) is 33.5 Å². The smallest absolute Gasteiger partial charge is 0.387 e. The van der Waals surface area contributed by atoms with Crippen LogP contribution < -0.4 is 10.5 Å². The Hall–Kier alpha value is -1.51. The van der Waals surface area contributed by atoms with Crippen molar-refractivity contribution in [3.63, 3.8) is 0 Å². The molecule has 0 amide bonds. The maximum Gasteiger partial charge on any atom is 0.387 e. The predicted octanol–water partition coefficient (Wildman–Crippen LogP) is 3.81. The topological polar surface area (TPSA) is 61.0 Å². The Morgan fingerprint density at radius 1 is 1.19 bits per heavy atom. The molecule has 1 aliphatic rings. The van der Waals surface area contributed by atoms with Crippen molar-refractivity contribution in [1.29, 1.82) is 0 Å². The van der Waals surface area contributed by atoms with Crippen molar-refractivity contribution in [3.8, 4) is 17.1 Å². The van der Waals surface area contributed by atoms with Gasteiger partial charge in [0.1, 0.15) is 11.6 Å². The summed E-state index contributed by atoms with van der Waals surface area (Å²) in [7, 11) is 0. The van der Waals surface area contributed by atoms with Crippen molar-refractivity contribution >= 4 is 28.4 Å². The highest BCUT2D eigenvalue weighted by atomic mass is 127. The van der Waals surface area contributed by atoms with E-state index in [0.717, 1.165) is 27.7 Å². The van der Waals surface area contributed by atoms with Crippen LogP contribution in [0.4, 0.5) is 14.6 Å². The van der Waals surface area contributed by atoms with Crippen LogP contribution in [0.5, 0.6) is 5.75 Å². The molecule has 1 heterocycles. The third kappa shape index (κ3) is 3.22. The largest absolute Gasteiger partial charge is 0.435 e. The van der Waals surface area contributed by atoms with Gasteiger partial charge in [-0.05, 0) is 59.7 Å². The minimum atomic E-state index is -2.83. The van der Waals surface area contributed by atoms with Crippen LogP contribution in [-0.4, -0.2) is 16.6 Å². The monoisotopic (exact) mass is 403 g/mol. The normalized spacial score (nSPS) is 14.5. The second-order valence-electron chi connectivity index (χ2n) is 4.81. The molecular weight excluding hydrogens is 391 g/mol. The molecule has 21 heavy (non-hydrogen) atoms. The molecule has 2 aromatic rings. The molecule has 1 aromatic carbocycles. The summed E-state index contributed by atoms with van der Waals surface area (Å²) < 4.78 is 29.5. The van der Waals surface area contributed by atoms with E-state index in [0.29, 0.717) is 17.6 Å². The number of hydrogen-bond acceptors (Lipinski definition) is 4. The summed E-state index contributed by atoms with van der Waals surface area (Å²) in [5, 5.41) is 0. The number of alkyl halides is 2. The van der Waals surface area contributed by atoms with Crippen LogP contribution >= 0.6 is 22.6 Å². The zero-order valence-corrected chi connectivity index (χ0v) is 13.0. The molecule has 0 radical (unpaired) electrons. The van der Waals surface area contributed by atoms with Crippen molar-refractivity contribution in [2.24, 2.45) is 0 Å². The van der Waals surface area contributed by atoms with Gasteiger partial charge in [-0.1, -0.05) is 0 Å². The quantitative estimate of drug-likeness (QED) is 0.789. The molecule has 2 N–H and O–H groups in total. The summed E-state index contributed by atoms with van der Waals surface area (Å²) in [6.07, 6.45) is 2.24. The number of nitrogens with two attached hydrogens (primary N) is 1.